The zero-order valence-corrected chi connectivity index (χ0v) is 9.67. The molecule has 1 aromatic carbocycles. The SMILES string of the molecule is COc1cc(CBr)cc(CC(=O)O)c1F. The largest absolute Gasteiger partial charge is 0.494 e. The number of aliphatic carboxylic acids is 1. The number of methoxy groups -OCH3 is 1. The fraction of sp³-hybridized carbons (Fsp3) is 0.300. The lowest BCUT2D eigenvalue weighted by atomic mass is 10.1. The van der Waals surface area contributed by atoms with E-state index in [2.05, 4.69) is 15.9 Å². The minimum absolute atomic E-state index is 0.0724. The van der Waals surface area contributed by atoms with Gasteiger partial charge in [-0.15, -0.1) is 0 Å². The van der Waals surface area contributed by atoms with Crippen LogP contribution < -0.4 is 4.74 Å². The molecular formula is C10H10BrFO3. The summed E-state index contributed by atoms with van der Waals surface area (Å²) >= 11 is 3.22. The molecule has 0 atom stereocenters. The standard InChI is InChI=1S/C10H10BrFO3/c1-15-8-3-6(5-11)2-7(10(8)12)4-9(13)14/h2-3H,4-5H2,1H3,(H,13,14). The zero-order valence-electron chi connectivity index (χ0n) is 8.09. The molecule has 0 amide bonds. The Bertz CT molecular complexity index is 379. The van der Waals surface area contributed by atoms with Crippen LogP contribution >= 0.6 is 15.9 Å². The molecule has 0 bridgehead atoms. The topological polar surface area (TPSA) is 46.5 Å². The highest BCUT2D eigenvalue weighted by Crippen LogP contribution is 2.24. The van der Waals surface area contributed by atoms with E-state index in [1.807, 2.05) is 0 Å². The maximum atomic E-state index is 13.5. The molecule has 5 heteroatoms. The molecule has 0 aliphatic rings. The van der Waals surface area contributed by atoms with Crippen LogP contribution in [0.5, 0.6) is 5.75 Å². The van der Waals surface area contributed by atoms with Crippen molar-refractivity contribution in [2.75, 3.05) is 7.11 Å². The number of benzene rings is 1. The van der Waals surface area contributed by atoms with Crippen LogP contribution in [-0.2, 0) is 16.5 Å². The molecule has 82 valence electrons. The highest BCUT2D eigenvalue weighted by molar-refractivity contribution is 9.08. The molecule has 3 nitrogen and oxygen atoms in total. The van der Waals surface area contributed by atoms with Gasteiger partial charge >= 0.3 is 5.97 Å². The van der Waals surface area contributed by atoms with Crippen molar-refractivity contribution in [3.05, 3.63) is 29.1 Å². The Labute approximate surface area is 95.0 Å². The van der Waals surface area contributed by atoms with E-state index in [1.54, 1.807) is 0 Å². The predicted molar refractivity (Wildman–Crippen MR) is 56.9 cm³/mol. The summed E-state index contributed by atoms with van der Waals surface area (Å²) in [6.45, 7) is 0. The summed E-state index contributed by atoms with van der Waals surface area (Å²) < 4.78 is 18.4. The van der Waals surface area contributed by atoms with Crippen molar-refractivity contribution >= 4 is 21.9 Å². The maximum absolute atomic E-state index is 13.5. The van der Waals surface area contributed by atoms with Crippen LogP contribution in [0.3, 0.4) is 0 Å². The van der Waals surface area contributed by atoms with Crippen molar-refractivity contribution < 1.29 is 19.0 Å². The molecule has 0 heterocycles. The summed E-state index contributed by atoms with van der Waals surface area (Å²) in [6.07, 6.45) is -0.344. The first-order valence-corrected chi connectivity index (χ1v) is 5.33. The predicted octanol–water partition coefficient (Wildman–Crippen LogP) is 2.36. The van der Waals surface area contributed by atoms with E-state index < -0.39 is 11.8 Å². The Hall–Kier alpha value is -1.10. The second-order valence-electron chi connectivity index (χ2n) is 2.98. The molecule has 0 aromatic heterocycles. The molecule has 0 aliphatic carbocycles. The molecule has 1 rings (SSSR count). The maximum Gasteiger partial charge on any atom is 0.307 e. The molecule has 0 fully saturated rings. The zero-order chi connectivity index (χ0) is 11.4. The number of carboxylic acid groups (broad SMARTS) is 1. The van der Waals surface area contributed by atoms with E-state index in [1.165, 1.54) is 19.2 Å². The van der Waals surface area contributed by atoms with Gasteiger partial charge in [-0.2, -0.15) is 0 Å². The number of hydrogen-bond acceptors (Lipinski definition) is 2. The van der Waals surface area contributed by atoms with Gasteiger partial charge in [-0.25, -0.2) is 4.39 Å². The first kappa shape index (κ1) is 12.0. The van der Waals surface area contributed by atoms with Crippen molar-refractivity contribution in [2.24, 2.45) is 0 Å². The van der Waals surface area contributed by atoms with Gasteiger partial charge in [0.1, 0.15) is 0 Å². The lowest BCUT2D eigenvalue weighted by molar-refractivity contribution is -0.136. The monoisotopic (exact) mass is 276 g/mol. The van der Waals surface area contributed by atoms with Crippen LogP contribution in [0, 0.1) is 5.82 Å². The van der Waals surface area contributed by atoms with E-state index in [0.29, 0.717) is 5.33 Å². The van der Waals surface area contributed by atoms with Gasteiger partial charge in [-0.05, 0) is 11.6 Å². The number of carboxylic acids is 1. The van der Waals surface area contributed by atoms with Crippen LogP contribution in [0.15, 0.2) is 12.1 Å². The third kappa shape index (κ3) is 2.92. The van der Waals surface area contributed by atoms with Gasteiger partial charge in [0.15, 0.2) is 11.6 Å². The van der Waals surface area contributed by atoms with Gasteiger partial charge in [0.25, 0.3) is 0 Å². The van der Waals surface area contributed by atoms with Crippen LogP contribution in [0.2, 0.25) is 0 Å². The van der Waals surface area contributed by atoms with Gasteiger partial charge in [-0.1, -0.05) is 22.0 Å². The lowest BCUT2D eigenvalue weighted by Crippen LogP contribution is -2.04. The van der Waals surface area contributed by atoms with Gasteiger partial charge in [0, 0.05) is 10.9 Å². The molecule has 0 aliphatic heterocycles. The average molecular weight is 277 g/mol. The second-order valence-corrected chi connectivity index (χ2v) is 3.54. The van der Waals surface area contributed by atoms with Crippen molar-refractivity contribution in [3.8, 4) is 5.75 Å². The Kier molecular flexibility index (Phi) is 4.08. The third-order valence-electron chi connectivity index (χ3n) is 1.89. The summed E-state index contributed by atoms with van der Waals surface area (Å²) in [5.41, 5.74) is 0.917. The fourth-order valence-electron chi connectivity index (χ4n) is 1.24. The summed E-state index contributed by atoms with van der Waals surface area (Å²) in [5, 5.41) is 9.12. The number of ether oxygens (including phenoxy) is 1. The number of rotatable bonds is 4. The molecule has 1 N–H and O–H groups in total. The molecule has 15 heavy (non-hydrogen) atoms. The number of carbonyl (C=O) groups is 1. The Balaban J connectivity index is 3.17. The molecule has 0 radical (unpaired) electrons. The minimum atomic E-state index is -1.07. The van der Waals surface area contributed by atoms with E-state index in [9.17, 15) is 9.18 Å². The summed E-state index contributed by atoms with van der Waals surface area (Å²) in [5.74, 6) is -1.60. The van der Waals surface area contributed by atoms with E-state index >= 15 is 0 Å². The Morgan fingerprint density at radius 3 is 2.73 bits per heavy atom. The minimum Gasteiger partial charge on any atom is -0.494 e. The highest BCUT2D eigenvalue weighted by atomic mass is 79.9. The van der Waals surface area contributed by atoms with Crippen molar-refractivity contribution in [1.82, 2.24) is 0 Å². The summed E-state index contributed by atoms with van der Waals surface area (Å²) in [7, 11) is 1.35. The second kappa shape index (κ2) is 5.11. The van der Waals surface area contributed by atoms with Gasteiger partial charge in [-0.3, -0.25) is 4.79 Å². The van der Waals surface area contributed by atoms with Crippen molar-refractivity contribution in [3.63, 3.8) is 0 Å². The van der Waals surface area contributed by atoms with E-state index in [-0.39, 0.29) is 17.7 Å². The Morgan fingerprint density at radius 2 is 2.27 bits per heavy atom. The number of hydrogen-bond donors (Lipinski definition) is 1. The molecule has 1 aromatic rings. The molecule has 0 saturated heterocycles. The summed E-state index contributed by atoms with van der Waals surface area (Å²) in [4.78, 5) is 10.5. The Morgan fingerprint density at radius 1 is 1.60 bits per heavy atom. The van der Waals surface area contributed by atoms with Crippen LogP contribution in [-0.4, -0.2) is 18.2 Å². The van der Waals surface area contributed by atoms with Gasteiger partial charge < -0.3 is 9.84 Å². The number of alkyl halides is 1. The smallest absolute Gasteiger partial charge is 0.307 e. The van der Waals surface area contributed by atoms with E-state index in [4.69, 9.17) is 9.84 Å². The number of halogens is 2. The quantitative estimate of drug-likeness (QED) is 0.859. The molecule has 0 unspecified atom stereocenters. The fourth-order valence-corrected chi connectivity index (χ4v) is 1.56. The van der Waals surface area contributed by atoms with Crippen molar-refractivity contribution in [2.45, 2.75) is 11.8 Å². The highest BCUT2D eigenvalue weighted by Gasteiger charge is 2.13. The first-order valence-electron chi connectivity index (χ1n) is 4.21. The summed E-state index contributed by atoms with van der Waals surface area (Å²) in [6, 6.07) is 3.05. The third-order valence-corrected chi connectivity index (χ3v) is 2.54. The lowest BCUT2D eigenvalue weighted by Gasteiger charge is -2.08. The average Bonchev–Trinajstić information content (AvgIpc) is 2.20. The molecule has 0 saturated carbocycles. The van der Waals surface area contributed by atoms with Crippen molar-refractivity contribution in [1.29, 1.82) is 0 Å². The first-order chi connectivity index (χ1) is 7.08. The van der Waals surface area contributed by atoms with Crippen LogP contribution in [0.1, 0.15) is 11.1 Å². The van der Waals surface area contributed by atoms with E-state index in [0.717, 1.165) is 5.56 Å². The van der Waals surface area contributed by atoms with Gasteiger partial charge in [0.05, 0.1) is 13.5 Å². The normalized spacial score (nSPS) is 10.1. The molecular weight excluding hydrogens is 267 g/mol. The van der Waals surface area contributed by atoms with Gasteiger partial charge in [0.2, 0.25) is 0 Å². The molecule has 0 spiro atoms. The van der Waals surface area contributed by atoms with Crippen LogP contribution in [0.4, 0.5) is 4.39 Å². The van der Waals surface area contributed by atoms with Crippen LogP contribution in [0.25, 0.3) is 0 Å².